The number of phenolic OH excluding ortho intramolecular Hbond substituents is 1. The van der Waals surface area contributed by atoms with Gasteiger partial charge in [-0.05, 0) is 80.5 Å². The fraction of sp³-hybridized carbons (Fsp3) is 0.400. The van der Waals surface area contributed by atoms with Crippen LogP contribution in [0.15, 0.2) is 36.4 Å². The number of hydrogen-bond donors (Lipinski definition) is 2. The first-order valence-electron chi connectivity index (χ1n) is 10.9. The van der Waals surface area contributed by atoms with Gasteiger partial charge in [-0.1, -0.05) is 11.6 Å². The standard InChI is InChI=1S/C25H25ClFNO4/c1-25(24(30)31)12-15(13-25)22-18-11-17(29)3-5-21(18)28(16-2-4-20(27)19(26)10-16)23(22)14-6-8-32-9-7-14/h2-5,10-11,14-15,29H,6-9,12-13H2,1H3,(H,30,31)/t15-,25+. The summed E-state index contributed by atoms with van der Waals surface area (Å²) in [6, 6.07) is 9.96. The predicted octanol–water partition coefficient (Wildman–Crippen LogP) is 5.99. The third-order valence-electron chi connectivity index (χ3n) is 7.12. The largest absolute Gasteiger partial charge is 0.508 e. The summed E-state index contributed by atoms with van der Waals surface area (Å²) in [7, 11) is 0. The van der Waals surface area contributed by atoms with Crippen LogP contribution in [0.4, 0.5) is 4.39 Å². The molecule has 1 saturated heterocycles. The monoisotopic (exact) mass is 457 g/mol. The van der Waals surface area contributed by atoms with Crippen molar-refractivity contribution >= 4 is 28.5 Å². The van der Waals surface area contributed by atoms with Crippen molar-refractivity contribution in [3.05, 3.63) is 58.5 Å². The maximum absolute atomic E-state index is 13.9. The summed E-state index contributed by atoms with van der Waals surface area (Å²) in [5.41, 5.74) is 3.07. The van der Waals surface area contributed by atoms with Crippen LogP contribution < -0.4 is 0 Å². The van der Waals surface area contributed by atoms with E-state index in [0.717, 1.165) is 40.7 Å². The zero-order valence-corrected chi connectivity index (χ0v) is 18.5. The first-order valence-corrected chi connectivity index (χ1v) is 11.3. The molecule has 1 aliphatic heterocycles. The molecule has 1 saturated carbocycles. The maximum Gasteiger partial charge on any atom is 0.309 e. The molecule has 2 N–H and O–H groups in total. The van der Waals surface area contributed by atoms with Gasteiger partial charge in [0.05, 0.1) is 16.0 Å². The Balaban J connectivity index is 1.76. The minimum absolute atomic E-state index is 0.0460. The smallest absolute Gasteiger partial charge is 0.309 e. The molecule has 7 heteroatoms. The summed E-state index contributed by atoms with van der Waals surface area (Å²) < 4.78 is 21.7. The number of aromatic hydroxyl groups is 1. The topological polar surface area (TPSA) is 71.7 Å². The molecule has 2 aromatic carbocycles. The van der Waals surface area contributed by atoms with Crippen molar-refractivity contribution in [3.63, 3.8) is 0 Å². The van der Waals surface area contributed by atoms with Gasteiger partial charge in [-0.3, -0.25) is 4.79 Å². The van der Waals surface area contributed by atoms with Crippen LogP contribution in [0.1, 0.15) is 55.7 Å². The lowest BCUT2D eigenvalue weighted by Gasteiger charge is -2.43. The molecule has 1 aromatic heterocycles. The number of halogens is 2. The molecule has 2 fully saturated rings. The van der Waals surface area contributed by atoms with Crippen LogP contribution in [0.5, 0.6) is 5.75 Å². The summed E-state index contributed by atoms with van der Waals surface area (Å²) in [4.78, 5) is 11.8. The first kappa shape index (κ1) is 21.3. The molecule has 32 heavy (non-hydrogen) atoms. The Morgan fingerprint density at radius 2 is 1.88 bits per heavy atom. The Hall–Kier alpha value is -2.57. The average Bonchev–Trinajstić information content (AvgIpc) is 3.07. The van der Waals surface area contributed by atoms with Crippen LogP contribution in [-0.2, 0) is 9.53 Å². The van der Waals surface area contributed by atoms with Crippen molar-refractivity contribution in [2.45, 2.75) is 44.4 Å². The average molecular weight is 458 g/mol. The molecule has 2 aliphatic rings. The van der Waals surface area contributed by atoms with E-state index in [1.807, 2.05) is 6.07 Å². The third kappa shape index (κ3) is 3.37. The Bertz CT molecular complexity index is 1210. The molecule has 0 unspecified atom stereocenters. The predicted molar refractivity (Wildman–Crippen MR) is 120 cm³/mol. The van der Waals surface area contributed by atoms with Crippen molar-refractivity contribution in [1.29, 1.82) is 0 Å². The van der Waals surface area contributed by atoms with Gasteiger partial charge < -0.3 is 19.5 Å². The van der Waals surface area contributed by atoms with Crippen LogP contribution in [0, 0.1) is 11.2 Å². The number of aliphatic carboxylic acids is 1. The van der Waals surface area contributed by atoms with Crippen LogP contribution in [0.2, 0.25) is 5.02 Å². The molecule has 5 rings (SSSR count). The molecule has 168 valence electrons. The second-order valence-corrected chi connectivity index (χ2v) is 9.70. The first-order chi connectivity index (χ1) is 15.3. The number of rotatable bonds is 4. The third-order valence-corrected chi connectivity index (χ3v) is 7.41. The number of nitrogens with zero attached hydrogens (tertiary/aromatic N) is 1. The van der Waals surface area contributed by atoms with Crippen molar-refractivity contribution in [2.24, 2.45) is 5.41 Å². The van der Waals surface area contributed by atoms with E-state index in [2.05, 4.69) is 4.57 Å². The molecule has 1 aliphatic carbocycles. The van der Waals surface area contributed by atoms with E-state index in [4.69, 9.17) is 16.3 Å². The summed E-state index contributed by atoms with van der Waals surface area (Å²) in [6.07, 6.45) is 2.76. The fourth-order valence-electron chi connectivity index (χ4n) is 5.43. The van der Waals surface area contributed by atoms with E-state index in [0.29, 0.717) is 26.1 Å². The molecule has 0 spiro atoms. The van der Waals surface area contributed by atoms with Crippen LogP contribution >= 0.6 is 11.6 Å². The van der Waals surface area contributed by atoms with Gasteiger partial charge in [-0.2, -0.15) is 0 Å². The summed E-state index contributed by atoms with van der Waals surface area (Å²) >= 11 is 6.14. The molecule has 0 atom stereocenters. The molecule has 0 bridgehead atoms. The van der Waals surface area contributed by atoms with Crippen molar-refractivity contribution in [3.8, 4) is 11.4 Å². The molecule has 5 nitrogen and oxygen atoms in total. The SMILES string of the molecule is C[C@]1(C(=O)O)C[C@@H](c2c(C3CCOCC3)n(-c3ccc(F)c(Cl)c3)c3ccc(O)cc32)C1. The molecule has 3 aromatic rings. The van der Waals surface area contributed by atoms with E-state index < -0.39 is 17.2 Å². The summed E-state index contributed by atoms with van der Waals surface area (Å²) in [6.45, 7) is 3.09. The number of carbonyl (C=O) groups is 1. The number of benzene rings is 2. The van der Waals surface area contributed by atoms with Gasteiger partial charge >= 0.3 is 5.97 Å². The van der Waals surface area contributed by atoms with Gasteiger partial charge in [0, 0.05) is 35.9 Å². The zero-order chi connectivity index (χ0) is 22.6. The summed E-state index contributed by atoms with van der Waals surface area (Å²) in [5.74, 6) is -0.831. The number of phenols is 1. The Morgan fingerprint density at radius 1 is 1.16 bits per heavy atom. The highest BCUT2D eigenvalue weighted by Crippen LogP contribution is 2.55. The highest BCUT2D eigenvalue weighted by molar-refractivity contribution is 6.30. The van der Waals surface area contributed by atoms with Crippen LogP contribution in [-0.4, -0.2) is 34.0 Å². The van der Waals surface area contributed by atoms with Gasteiger partial charge in [-0.15, -0.1) is 0 Å². The van der Waals surface area contributed by atoms with Gasteiger partial charge in [0.1, 0.15) is 11.6 Å². The number of hydrogen-bond acceptors (Lipinski definition) is 3. The maximum atomic E-state index is 13.9. The lowest BCUT2D eigenvalue weighted by molar-refractivity contribution is -0.154. The number of fused-ring (bicyclic) bond motifs is 1. The van der Waals surface area contributed by atoms with Gasteiger partial charge in [-0.25, -0.2) is 4.39 Å². The van der Waals surface area contributed by atoms with E-state index in [1.165, 1.54) is 6.07 Å². The van der Waals surface area contributed by atoms with Gasteiger partial charge in [0.25, 0.3) is 0 Å². The number of carboxylic acids is 1. The zero-order valence-electron chi connectivity index (χ0n) is 17.8. The lowest BCUT2D eigenvalue weighted by atomic mass is 9.60. The Kier molecular flexibility index (Phi) is 5.18. The minimum atomic E-state index is -0.779. The highest BCUT2D eigenvalue weighted by Gasteiger charge is 2.49. The molecule has 0 radical (unpaired) electrons. The van der Waals surface area contributed by atoms with Crippen molar-refractivity contribution in [2.75, 3.05) is 13.2 Å². The second-order valence-electron chi connectivity index (χ2n) is 9.29. The van der Waals surface area contributed by atoms with E-state index in [9.17, 15) is 19.4 Å². The Labute approximate surface area is 190 Å². The molecular weight excluding hydrogens is 433 g/mol. The van der Waals surface area contributed by atoms with E-state index in [-0.39, 0.29) is 22.6 Å². The van der Waals surface area contributed by atoms with Gasteiger partial charge in [0.15, 0.2) is 0 Å². The van der Waals surface area contributed by atoms with E-state index >= 15 is 0 Å². The normalized spacial score (nSPS) is 23.9. The highest BCUT2D eigenvalue weighted by atomic mass is 35.5. The summed E-state index contributed by atoms with van der Waals surface area (Å²) in [5, 5.41) is 20.9. The quantitative estimate of drug-likeness (QED) is 0.504. The number of aromatic nitrogens is 1. The second kappa shape index (κ2) is 7.78. The van der Waals surface area contributed by atoms with Crippen LogP contribution in [0.25, 0.3) is 16.6 Å². The van der Waals surface area contributed by atoms with Crippen molar-refractivity contribution in [1.82, 2.24) is 4.57 Å². The Morgan fingerprint density at radius 3 is 2.53 bits per heavy atom. The molecule has 2 heterocycles. The lowest BCUT2D eigenvalue weighted by Crippen LogP contribution is -2.40. The minimum Gasteiger partial charge on any atom is -0.508 e. The van der Waals surface area contributed by atoms with Gasteiger partial charge in [0.2, 0.25) is 0 Å². The van der Waals surface area contributed by atoms with Crippen LogP contribution in [0.3, 0.4) is 0 Å². The number of carboxylic acid groups (broad SMARTS) is 1. The fourth-order valence-corrected chi connectivity index (χ4v) is 5.61. The molecule has 0 amide bonds. The molecular formula is C25H25ClFNO4. The van der Waals surface area contributed by atoms with Crippen molar-refractivity contribution < 1.29 is 24.1 Å². The van der Waals surface area contributed by atoms with E-state index in [1.54, 1.807) is 31.2 Å². The number of ether oxygens (including phenoxy) is 1.